The molecule has 1 N–H and O–H groups in total. The third-order valence-corrected chi connectivity index (χ3v) is 3.76. The summed E-state index contributed by atoms with van der Waals surface area (Å²) in [4.78, 5) is 12.5. The molecule has 0 aliphatic rings. The number of anilines is 1. The highest BCUT2D eigenvalue weighted by Gasteiger charge is 2.18. The summed E-state index contributed by atoms with van der Waals surface area (Å²) in [6, 6.07) is 13.6. The zero-order valence-electron chi connectivity index (χ0n) is 12.4. The van der Waals surface area contributed by atoms with Crippen LogP contribution >= 0.6 is 0 Å². The Bertz CT molecular complexity index is 830. The highest BCUT2D eigenvalue weighted by atomic mass is 16.3. The Morgan fingerprint density at radius 2 is 1.67 bits per heavy atom. The van der Waals surface area contributed by atoms with Crippen LogP contribution < -0.4 is 5.32 Å². The monoisotopic (exact) mass is 279 g/mol. The van der Waals surface area contributed by atoms with Crippen molar-refractivity contribution in [2.24, 2.45) is 0 Å². The summed E-state index contributed by atoms with van der Waals surface area (Å²) < 4.78 is 5.79. The summed E-state index contributed by atoms with van der Waals surface area (Å²) in [5, 5.41) is 3.91. The van der Waals surface area contributed by atoms with Crippen LogP contribution in [0.5, 0.6) is 0 Å². The minimum absolute atomic E-state index is 0.211. The molecule has 0 atom stereocenters. The number of benzene rings is 2. The highest BCUT2D eigenvalue weighted by molar-refractivity contribution is 6.07. The maximum Gasteiger partial charge on any atom is 0.291 e. The number of hydrogen-bond donors (Lipinski definition) is 1. The van der Waals surface area contributed by atoms with Crippen LogP contribution in [0.1, 0.15) is 27.2 Å². The number of fused-ring (bicyclic) bond motifs is 1. The maximum atomic E-state index is 12.5. The molecule has 3 nitrogen and oxygen atoms in total. The molecule has 0 fully saturated rings. The number of furan rings is 1. The van der Waals surface area contributed by atoms with Gasteiger partial charge in [-0.25, -0.2) is 0 Å². The first kappa shape index (κ1) is 13.4. The molecule has 106 valence electrons. The van der Waals surface area contributed by atoms with Gasteiger partial charge in [-0.05, 0) is 38.0 Å². The summed E-state index contributed by atoms with van der Waals surface area (Å²) in [5.41, 5.74) is 4.52. The first-order valence-corrected chi connectivity index (χ1v) is 6.93. The molecule has 0 aliphatic heterocycles. The fourth-order valence-corrected chi connectivity index (χ4v) is 2.49. The predicted molar refractivity (Wildman–Crippen MR) is 84.8 cm³/mol. The lowest BCUT2D eigenvalue weighted by atomic mass is 10.1. The van der Waals surface area contributed by atoms with Crippen molar-refractivity contribution >= 4 is 22.6 Å². The van der Waals surface area contributed by atoms with Crippen molar-refractivity contribution in [2.75, 3.05) is 5.32 Å². The van der Waals surface area contributed by atoms with Crippen LogP contribution in [0.25, 0.3) is 11.0 Å². The molecule has 1 aromatic heterocycles. The van der Waals surface area contributed by atoms with Crippen LogP contribution in [0.3, 0.4) is 0 Å². The average molecular weight is 279 g/mol. The van der Waals surface area contributed by atoms with E-state index in [0.717, 1.165) is 33.3 Å². The van der Waals surface area contributed by atoms with E-state index in [1.54, 1.807) is 0 Å². The van der Waals surface area contributed by atoms with E-state index in [0.29, 0.717) is 5.76 Å². The van der Waals surface area contributed by atoms with Gasteiger partial charge in [0.05, 0.1) is 0 Å². The van der Waals surface area contributed by atoms with E-state index in [9.17, 15) is 4.79 Å². The third kappa shape index (κ3) is 2.31. The van der Waals surface area contributed by atoms with Gasteiger partial charge in [-0.1, -0.05) is 36.4 Å². The normalized spacial score (nSPS) is 10.8. The van der Waals surface area contributed by atoms with Gasteiger partial charge in [-0.2, -0.15) is 0 Å². The number of aryl methyl sites for hydroxylation is 3. The van der Waals surface area contributed by atoms with Crippen LogP contribution in [0.2, 0.25) is 0 Å². The lowest BCUT2D eigenvalue weighted by Gasteiger charge is -2.06. The smallest absolute Gasteiger partial charge is 0.291 e. The van der Waals surface area contributed by atoms with Crippen molar-refractivity contribution in [3.05, 3.63) is 64.9 Å². The Kier molecular flexibility index (Phi) is 3.26. The van der Waals surface area contributed by atoms with Gasteiger partial charge in [-0.15, -0.1) is 0 Å². The van der Waals surface area contributed by atoms with E-state index in [-0.39, 0.29) is 5.91 Å². The molecule has 21 heavy (non-hydrogen) atoms. The third-order valence-electron chi connectivity index (χ3n) is 3.76. The Hall–Kier alpha value is -2.55. The molecular formula is C18H17NO2. The Labute approximate surface area is 123 Å². The predicted octanol–water partition coefficient (Wildman–Crippen LogP) is 4.61. The van der Waals surface area contributed by atoms with Gasteiger partial charge in [0, 0.05) is 16.6 Å². The molecule has 1 heterocycles. The number of hydrogen-bond acceptors (Lipinski definition) is 2. The van der Waals surface area contributed by atoms with Crippen LogP contribution in [-0.2, 0) is 0 Å². The lowest BCUT2D eigenvalue weighted by Crippen LogP contribution is -2.12. The molecule has 0 radical (unpaired) electrons. The minimum atomic E-state index is -0.211. The number of carbonyl (C=O) groups is 1. The second kappa shape index (κ2) is 5.09. The highest BCUT2D eigenvalue weighted by Crippen LogP contribution is 2.28. The molecule has 0 aliphatic carbocycles. The Morgan fingerprint density at radius 3 is 2.38 bits per heavy atom. The Morgan fingerprint density at radius 1 is 0.952 bits per heavy atom. The summed E-state index contributed by atoms with van der Waals surface area (Å²) in [5.74, 6) is 0.167. The molecule has 0 saturated heterocycles. The summed E-state index contributed by atoms with van der Waals surface area (Å²) in [6.45, 7) is 5.86. The van der Waals surface area contributed by atoms with Crippen LogP contribution in [0, 0.1) is 20.8 Å². The second-order valence-electron chi connectivity index (χ2n) is 5.28. The zero-order valence-corrected chi connectivity index (χ0v) is 12.4. The molecule has 3 heteroatoms. The topological polar surface area (TPSA) is 42.2 Å². The zero-order chi connectivity index (χ0) is 15.0. The van der Waals surface area contributed by atoms with Gasteiger partial charge < -0.3 is 9.73 Å². The van der Waals surface area contributed by atoms with Gasteiger partial charge in [0.1, 0.15) is 5.58 Å². The van der Waals surface area contributed by atoms with E-state index >= 15 is 0 Å². The lowest BCUT2D eigenvalue weighted by molar-refractivity contribution is 0.0998. The van der Waals surface area contributed by atoms with Crippen LogP contribution in [-0.4, -0.2) is 5.91 Å². The quantitative estimate of drug-likeness (QED) is 0.744. The number of amides is 1. The SMILES string of the molecule is Cc1ccccc1NC(=O)c1oc2c(C)cccc2c1C. The summed E-state index contributed by atoms with van der Waals surface area (Å²) >= 11 is 0. The van der Waals surface area contributed by atoms with Gasteiger partial charge in [0.15, 0.2) is 5.76 Å². The van der Waals surface area contributed by atoms with E-state index in [4.69, 9.17) is 4.42 Å². The molecule has 0 bridgehead atoms. The number of carbonyl (C=O) groups excluding carboxylic acids is 1. The average Bonchev–Trinajstić information content (AvgIpc) is 2.81. The van der Waals surface area contributed by atoms with Gasteiger partial charge in [-0.3, -0.25) is 4.79 Å². The molecule has 0 unspecified atom stereocenters. The Balaban J connectivity index is 2.01. The molecule has 3 aromatic rings. The summed E-state index contributed by atoms with van der Waals surface area (Å²) in [6.07, 6.45) is 0. The van der Waals surface area contributed by atoms with Gasteiger partial charge >= 0.3 is 0 Å². The number of rotatable bonds is 2. The number of para-hydroxylation sites is 2. The second-order valence-corrected chi connectivity index (χ2v) is 5.28. The largest absolute Gasteiger partial charge is 0.450 e. The fraction of sp³-hybridized carbons (Fsp3) is 0.167. The van der Waals surface area contributed by atoms with Gasteiger partial charge in [0.2, 0.25) is 0 Å². The minimum Gasteiger partial charge on any atom is -0.450 e. The standard InChI is InChI=1S/C18H17NO2/c1-11-7-4-5-10-15(11)19-18(20)17-13(3)14-9-6-8-12(2)16(14)21-17/h4-10H,1-3H3,(H,19,20). The molecular weight excluding hydrogens is 262 g/mol. The molecule has 0 saturated carbocycles. The molecule has 1 amide bonds. The number of nitrogens with one attached hydrogen (secondary N) is 1. The molecule has 0 spiro atoms. The molecule has 2 aromatic carbocycles. The van der Waals surface area contributed by atoms with E-state index in [1.807, 2.05) is 63.2 Å². The van der Waals surface area contributed by atoms with Crippen molar-refractivity contribution in [1.82, 2.24) is 0 Å². The van der Waals surface area contributed by atoms with Crippen LogP contribution in [0.15, 0.2) is 46.9 Å². The fourth-order valence-electron chi connectivity index (χ4n) is 2.49. The van der Waals surface area contributed by atoms with Crippen molar-refractivity contribution in [2.45, 2.75) is 20.8 Å². The van der Waals surface area contributed by atoms with Crippen LogP contribution in [0.4, 0.5) is 5.69 Å². The van der Waals surface area contributed by atoms with E-state index in [1.165, 1.54) is 0 Å². The van der Waals surface area contributed by atoms with Gasteiger partial charge in [0.25, 0.3) is 5.91 Å². The maximum absolute atomic E-state index is 12.5. The summed E-state index contributed by atoms with van der Waals surface area (Å²) in [7, 11) is 0. The van der Waals surface area contributed by atoms with E-state index < -0.39 is 0 Å². The van der Waals surface area contributed by atoms with E-state index in [2.05, 4.69) is 5.32 Å². The van der Waals surface area contributed by atoms with Crippen molar-refractivity contribution in [3.63, 3.8) is 0 Å². The van der Waals surface area contributed by atoms with Crippen molar-refractivity contribution in [1.29, 1.82) is 0 Å². The van der Waals surface area contributed by atoms with Crippen molar-refractivity contribution < 1.29 is 9.21 Å². The first-order valence-electron chi connectivity index (χ1n) is 6.93. The van der Waals surface area contributed by atoms with Crippen molar-refractivity contribution in [3.8, 4) is 0 Å². The first-order chi connectivity index (χ1) is 10.1. The molecule has 3 rings (SSSR count).